The van der Waals surface area contributed by atoms with Crippen LogP contribution in [0.1, 0.15) is 16.7 Å². The van der Waals surface area contributed by atoms with Crippen molar-refractivity contribution in [3.63, 3.8) is 0 Å². The molecule has 0 spiro atoms. The van der Waals surface area contributed by atoms with Gasteiger partial charge in [0.1, 0.15) is 18.1 Å². The third-order valence-electron chi connectivity index (χ3n) is 6.09. The van der Waals surface area contributed by atoms with E-state index in [4.69, 9.17) is 20.9 Å². The lowest BCUT2D eigenvalue weighted by atomic mass is 9.88. The first-order valence-electron chi connectivity index (χ1n) is 10.8. The van der Waals surface area contributed by atoms with Crippen molar-refractivity contribution in [2.24, 2.45) is 0 Å². The van der Waals surface area contributed by atoms with Crippen molar-refractivity contribution in [1.82, 2.24) is 5.16 Å². The third kappa shape index (κ3) is 3.60. The normalized spacial score (nSPS) is 13.8. The molecule has 6 rings (SSSR count). The van der Waals surface area contributed by atoms with Gasteiger partial charge in [-0.2, -0.15) is 0 Å². The summed E-state index contributed by atoms with van der Waals surface area (Å²) in [6.45, 7) is 0.213. The maximum atomic E-state index is 12.8. The van der Waals surface area contributed by atoms with E-state index in [9.17, 15) is 4.79 Å². The summed E-state index contributed by atoms with van der Waals surface area (Å²) in [5.41, 5.74) is 7.46. The molecule has 0 bridgehead atoms. The fourth-order valence-electron chi connectivity index (χ4n) is 4.40. The monoisotopic (exact) mass is 454 g/mol. The number of halogens is 1. The van der Waals surface area contributed by atoms with Gasteiger partial charge >= 0.3 is 0 Å². The van der Waals surface area contributed by atoms with Crippen LogP contribution < -0.4 is 10.1 Å². The molecule has 0 saturated carbocycles. The Balaban J connectivity index is 1.22. The van der Waals surface area contributed by atoms with E-state index in [-0.39, 0.29) is 12.5 Å². The molecule has 1 aliphatic heterocycles. The van der Waals surface area contributed by atoms with Gasteiger partial charge in [0.15, 0.2) is 5.76 Å². The summed E-state index contributed by atoms with van der Waals surface area (Å²) in [4.78, 5) is 12.8. The minimum atomic E-state index is -0.206. The zero-order valence-corrected chi connectivity index (χ0v) is 18.4. The number of nitrogens with zero attached hydrogens (tertiary/aromatic N) is 1. The number of benzene rings is 3. The zero-order chi connectivity index (χ0) is 22.4. The van der Waals surface area contributed by atoms with E-state index in [1.807, 2.05) is 42.5 Å². The van der Waals surface area contributed by atoms with Gasteiger partial charge in [0.25, 0.3) is 5.91 Å². The summed E-state index contributed by atoms with van der Waals surface area (Å²) >= 11 is 6.06. The molecule has 0 fully saturated rings. The van der Waals surface area contributed by atoms with Crippen LogP contribution in [0, 0.1) is 0 Å². The second-order valence-electron chi connectivity index (χ2n) is 8.17. The summed E-state index contributed by atoms with van der Waals surface area (Å²) in [7, 11) is 0. The van der Waals surface area contributed by atoms with Crippen molar-refractivity contribution in [2.45, 2.75) is 12.8 Å². The Hall–Kier alpha value is -3.83. The smallest absolute Gasteiger partial charge is 0.255 e. The van der Waals surface area contributed by atoms with E-state index in [0.29, 0.717) is 16.3 Å². The van der Waals surface area contributed by atoms with Crippen LogP contribution in [-0.2, 0) is 17.6 Å². The second-order valence-corrected chi connectivity index (χ2v) is 8.60. The molecule has 2 heterocycles. The maximum absolute atomic E-state index is 12.8. The first-order valence-corrected chi connectivity index (χ1v) is 11.1. The van der Waals surface area contributed by atoms with Crippen LogP contribution in [0.15, 0.2) is 76.8 Å². The summed E-state index contributed by atoms with van der Waals surface area (Å²) in [6.07, 6.45) is 3.67. The Labute approximate surface area is 195 Å². The molecule has 162 valence electrons. The molecule has 1 aliphatic carbocycles. The quantitative estimate of drug-likeness (QED) is 0.401. The number of carbonyl (C=O) groups excluding carboxylic acids is 1. The zero-order valence-electron chi connectivity index (χ0n) is 17.6. The van der Waals surface area contributed by atoms with E-state index in [2.05, 4.69) is 28.7 Å². The molecule has 1 aromatic heterocycles. The van der Waals surface area contributed by atoms with Gasteiger partial charge in [0.05, 0.1) is 5.57 Å². The van der Waals surface area contributed by atoms with Crippen molar-refractivity contribution in [1.29, 1.82) is 0 Å². The number of aromatic nitrogens is 1. The van der Waals surface area contributed by atoms with Gasteiger partial charge in [-0.15, -0.1) is 0 Å². The number of nitrogens with one attached hydrogen (secondary N) is 1. The number of hydrogen-bond acceptors (Lipinski definition) is 4. The topological polar surface area (TPSA) is 64.4 Å². The largest absolute Gasteiger partial charge is 0.488 e. The fourth-order valence-corrected chi connectivity index (χ4v) is 4.58. The first kappa shape index (κ1) is 19.8. The highest BCUT2D eigenvalue weighted by molar-refractivity contribution is 6.30. The molecular weight excluding hydrogens is 436 g/mol. The Morgan fingerprint density at radius 3 is 2.73 bits per heavy atom. The SMILES string of the molecule is O=C(Nc1ccc(-c2onc3c2CCc2ccccc2-3)cc1)C1=Cc2cc(Cl)ccc2OC1. The Bertz CT molecular complexity index is 1420. The molecule has 5 nitrogen and oxygen atoms in total. The van der Waals surface area contributed by atoms with Crippen LogP contribution in [0.3, 0.4) is 0 Å². The van der Waals surface area contributed by atoms with E-state index in [1.165, 1.54) is 5.56 Å². The minimum Gasteiger partial charge on any atom is -0.488 e. The first-order chi connectivity index (χ1) is 16.2. The van der Waals surface area contributed by atoms with Crippen LogP contribution in [0.2, 0.25) is 5.02 Å². The highest BCUT2D eigenvalue weighted by Gasteiger charge is 2.24. The average Bonchev–Trinajstić information content (AvgIpc) is 3.29. The lowest BCUT2D eigenvalue weighted by Gasteiger charge is -2.18. The van der Waals surface area contributed by atoms with Gasteiger partial charge in [-0.3, -0.25) is 4.79 Å². The molecule has 6 heteroatoms. The second kappa shape index (κ2) is 7.94. The van der Waals surface area contributed by atoms with Gasteiger partial charge in [-0.1, -0.05) is 41.0 Å². The molecule has 1 N–H and O–H groups in total. The van der Waals surface area contributed by atoms with E-state index in [1.54, 1.807) is 12.1 Å². The van der Waals surface area contributed by atoms with Gasteiger partial charge in [-0.05, 0) is 66.9 Å². The standard InChI is InChI=1S/C27H19ClN2O3/c28-20-8-12-24-18(14-20)13-19(15-32-24)27(31)29-21-9-5-17(6-10-21)26-23-11-7-16-3-1-2-4-22(16)25(23)30-33-26/h1-6,8-10,12-14H,7,11,15H2,(H,29,31). The van der Waals surface area contributed by atoms with Crippen molar-refractivity contribution >= 4 is 29.3 Å². The Kier molecular flexibility index (Phi) is 4.77. The third-order valence-corrected chi connectivity index (χ3v) is 6.32. The number of rotatable bonds is 3. The van der Waals surface area contributed by atoms with Gasteiger partial charge in [0.2, 0.25) is 0 Å². The fraction of sp³-hybridized carbons (Fsp3) is 0.111. The molecule has 1 amide bonds. The molecule has 0 radical (unpaired) electrons. The molecule has 0 atom stereocenters. The van der Waals surface area contributed by atoms with Crippen LogP contribution in [0.25, 0.3) is 28.7 Å². The van der Waals surface area contributed by atoms with E-state index in [0.717, 1.165) is 52.3 Å². The molecule has 0 saturated heterocycles. The van der Waals surface area contributed by atoms with Crippen molar-refractivity contribution in [3.05, 3.63) is 94.0 Å². The number of carbonyl (C=O) groups is 1. The Morgan fingerprint density at radius 1 is 1.00 bits per heavy atom. The molecule has 4 aromatic rings. The van der Waals surface area contributed by atoms with Crippen molar-refractivity contribution in [3.8, 4) is 28.3 Å². The molecular formula is C27H19ClN2O3. The number of anilines is 1. The van der Waals surface area contributed by atoms with Gasteiger partial charge in [-0.25, -0.2) is 0 Å². The highest BCUT2D eigenvalue weighted by atomic mass is 35.5. The molecule has 3 aromatic carbocycles. The summed E-state index contributed by atoms with van der Waals surface area (Å²) in [5.74, 6) is 1.30. The Morgan fingerprint density at radius 2 is 1.85 bits per heavy atom. The number of ether oxygens (including phenoxy) is 1. The highest BCUT2D eigenvalue weighted by Crippen LogP contribution is 2.38. The van der Waals surface area contributed by atoms with Gasteiger partial charge in [0, 0.05) is 33.0 Å². The number of hydrogen-bond donors (Lipinski definition) is 1. The van der Waals surface area contributed by atoms with Crippen molar-refractivity contribution < 1.29 is 14.1 Å². The number of amides is 1. The number of aryl methyl sites for hydroxylation is 1. The van der Waals surface area contributed by atoms with Crippen molar-refractivity contribution in [2.75, 3.05) is 11.9 Å². The molecule has 0 unspecified atom stereocenters. The maximum Gasteiger partial charge on any atom is 0.255 e. The summed E-state index contributed by atoms with van der Waals surface area (Å²) in [6, 6.07) is 21.3. The average molecular weight is 455 g/mol. The van der Waals surface area contributed by atoms with Crippen LogP contribution in [0.5, 0.6) is 5.75 Å². The predicted octanol–water partition coefficient (Wildman–Crippen LogP) is 6.18. The predicted molar refractivity (Wildman–Crippen MR) is 128 cm³/mol. The summed E-state index contributed by atoms with van der Waals surface area (Å²) < 4.78 is 11.4. The lowest BCUT2D eigenvalue weighted by Crippen LogP contribution is -2.21. The lowest BCUT2D eigenvalue weighted by molar-refractivity contribution is -0.113. The van der Waals surface area contributed by atoms with Crippen LogP contribution in [-0.4, -0.2) is 17.7 Å². The summed E-state index contributed by atoms with van der Waals surface area (Å²) in [5, 5.41) is 7.89. The van der Waals surface area contributed by atoms with Crippen LogP contribution >= 0.6 is 11.6 Å². The van der Waals surface area contributed by atoms with E-state index >= 15 is 0 Å². The van der Waals surface area contributed by atoms with Gasteiger partial charge < -0.3 is 14.6 Å². The number of fused-ring (bicyclic) bond motifs is 4. The molecule has 2 aliphatic rings. The van der Waals surface area contributed by atoms with E-state index < -0.39 is 0 Å². The minimum absolute atomic E-state index is 0.206. The molecule has 33 heavy (non-hydrogen) atoms. The van der Waals surface area contributed by atoms with Crippen LogP contribution in [0.4, 0.5) is 5.69 Å².